The number of carbonyl (C=O) groups excluding carboxylic acids is 1. The molecule has 6 N–H and O–H groups in total. The molecule has 166 valence electrons. The molecule has 4 heterocycles. The van der Waals surface area contributed by atoms with E-state index in [1.165, 1.54) is 24.5 Å². The zero-order valence-electron chi connectivity index (χ0n) is 17.8. The van der Waals surface area contributed by atoms with Crippen molar-refractivity contribution < 1.29 is 54.5 Å². The van der Waals surface area contributed by atoms with E-state index in [-0.39, 0.29) is 52.2 Å². The van der Waals surface area contributed by atoms with Crippen LogP contribution in [0.4, 0.5) is 11.6 Å². The summed E-state index contributed by atoms with van der Waals surface area (Å²) in [6.07, 6.45) is 3.22. The first-order valence-corrected chi connectivity index (χ1v) is 10.6. The number of nitrogens with zero attached hydrogens (tertiary/aromatic N) is 2. The number of pyridine rings is 2. The van der Waals surface area contributed by atoms with Gasteiger partial charge in [0, 0.05) is 33.3 Å². The molecule has 0 bridgehead atoms. The van der Waals surface area contributed by atoms with E-state index in [1.54, 1.807) is 29.8 Å². The number of thiophene rings is 2. The Morgan fingerprint density at radius 2 is 1.36 bits per heavy atom. The number of ether oxygens (including phenoxy) is 1. The number of methoxy groups -OCH3 is 1. The van der Waals surface area contributed by atoms with Crippen molar-refractivity contribution in [2.45, 2.75) is 0 Å². The quantitative estimate of drug-likeness (QED) is 0.277. The number of carboxylic acids is 1. The Bertz CT molecular complexity index is 1200. The molecule has 0 aromatic carbocycles. The monoisotopic (exact) mass is 494 g/mol. The molecule has 0 fully saturated rings. The second-order valence-electron chi connectivity index (χ2n) is 6.06. The van der Waals surface area contributed by atoms with Crippen LogP contribution in [-0.4, -0.2) is 39.6 Å². The molecule has 0 unspecified atom stereocenters. The Balaban J connectivity index is 0.000000312. The average molecular weight is 495 g/mol. The number of nitrogens with two attached hydrogens (primary N) is 2. The summed E-state index contributed by atoms with van der Waals surface area (Å²) in [5, 5.41) is 12.8. The van der Waals surface area contributed by atoms with Crippen LogP contribution in [0.1, 0.15) is 20.7 Å². The zero-order chi connectivity index (χ0) is 22.4. The van der Waals surface area contributed by atoms with Crippen molar-refractivity contribution in [2.75, 3.05) is 18.6 Å². The summed E-state index contributed by atoms with van der Waals surface area (Å²) in [7, 11) is 1.32. The Kier molecular flexibility index (Phi) is 11.2. The molecule has 0 aliphatic carbocycles. The molecule has 9 nitrogen and oxygen atoms in total. The number of aromatic carboxylic acids is 1. The van der Waals surface area contributed by atoms with Crippen LogP contribution < -0.4 is 41.0 Å². The van der Waals surface area contributed by atoms with Crippen LogP contribution in [0.5, 0.6) is 0 Å². The molecule has 0 amide bonds. The van der Waals surface area contributed by atoms with Crippen molar-refractivity contribution in [1.29, 1.82) is 0 Å². The predicted octanol–water partition coefficient (Wildman–Crippen LogP) is 1.10. The van der Waals surface area contributed by atoms with E-state index in [1.807, 2.05) is 35.0 Å². The maximum Gasteiger partial charge on any atom is 1.00 e. The van der Waals surface area contributed by atoms with Crippen molar-refractivity contribution in [2.24, 2.45) is 0 Å². The van der Waals surface area contributed by atoms with E-state index in [2.05, 4.69) is 14.7 Å². The van der Waals surface area contributed by atoms with Crippen LogP contribution in [0.3, 0.4) is 0 Å². The van der Waals surface area contributed by atoms with Crippen LogP contribution in [-0.2, 0) is 4.74 Å². The van der Waals surface area contributed by atoms with Gasteiger partial charge in [0.25, 0.3) is 0 Å². The van der Waals surface area contributed by atoms with E-state index in [9.17, 15) is 9.59 Å². The number of aromatic nitrogens is 2. The third kappa shape index (κ3) is 7.09. The van der Waals surface area contributed by atoms with Gasteiger partial charge in [0.15, 0.2) is 0 Å². The van der Waals surface area contributed by atoms with E-state index in [0.29, 0.717) is 5.56 Å². The number of hydrogen-bond donors (Lipinski definition) is 3. The van der Waals surface area contributed by atoms with Gasteiger partial charge in [-0.2, -0.15) is 0 Å². The van der Waals surface area contributed by atoms with Gasteiger partial charge in [-0.15, -0.1) is 22.7 Å². The normalized spacial score (nSPS) is 9.48. The minimum atomic E-state index is -1.06. The summed E-state index contributed by atoms with van der Waals surface area (Å²) in [6.45, 7) is 0. The Morgan fingerprint density at radius 3 is 1.76 bits per heavy atom. The molecular formula is C21H19N4NaO5S2. The fraction of sp³-hybridized carbons (Fsp3) is 0.0476. The van der Waals surface area contributed by atoms with E-state index >= 15 is 0 Å². The Morgan fingerprint density at radius 1 is 0.909 bits per heavy atom. The topological polar surface area (TPSA) is 171 Å². The number of nitrogen functional groups attached to an aromatic ring is 2. The predicted molar refractivity (Wildman–Crippen MR) is 124 cm³/mol. The Labute approximate surface area is 219 Å². The van der Waals surface area contributed by atoms with Gasteiger partial charge >= 0.3 is 41.5 Å². The molecule has 0 aliphatic heterocycles. The molecular weight excluding hydrogens is 475 g/mol. The van der Waals surface area contributed by atoms with Gasteiger partial charge in [-0.25, -0.2) is 19.6 Å². The molecule has 0 spiro atoms. The second kappa shape index (κ2) is 13.0. The standard InChI is InChI=1S/C11H10N2O2S.C10H8N2O2S.Na.H2O/c1-15-11(14)8-5-7(6-13-10(8)12)9-3-2-4-16-9;11-9-7(10(13)14)4-6(5-12-9)8-2-1-3-15-8;;/h2-6H,1H3,(H2,12,13);1-5H,(H2,11,12)(H,13,14);;1H2/q;;+1;/p-1. The number of carbonyl (C=O) groups is 2. The number of hydrogen-bond acceptors (Lipinski definition) is 10. The molecule has 4 aromatic rings. The maximum atomic E-state index is 11.4. The van der Waals surface area contributed by atoms with Gasteiger partial charge < -0.3 is 26.8 Å². The Hall–Kier alpha value is -2.80. The second-order valence-corrected chi connectivity index (χ2v) is 7.96. The van der Waals surface area contributed by atoms with Crippen molar-refractivity contribution in [3.8, 4) is 20.9 Å². The van der Waals surface area contributed by atoms with Gasteiger partial charge in [0.05, 0.1) is 7.11 Å². The maximum absolute atomic E-state index is 11.4. The molecule has 0 saturated heterocycles. The number of esters is 1. The fourth-order valence-corrected chi connectivity index (χ4v) is 3.97. The van der Waals surface area contributed by atoms with Gasteiger partial charge in [0.1, 0.15) is 22.8 Å². The summed E-state index contributed by atoms with van der Waals surface area (Å²) >= 11 is 3.11. The van der Waals surface area contributed by atoms with Crippen LogP contribution in [0, 0.1) is 0 Å². The third-order valence-electron chi connectivity index (χ3n) is 4.08. The number of carboxylic acid groups (broad SMARTS) is 1. The first-order valence-electron chi connectivity index (χ1n) is 8.81. The first-order chi connectivity index (χ1) is 14.9. The molecule has 4 aromatic heterocycles. The zero-order valence-corrected chi connectivity index (χ0v) is 21.4. The summed E-state index contributed by atoms with van der Waals surface area (Å²) in [4.78, 5) is 32.1. The van der Waals surface area contributed by atoms with E-state index in [0.717, 1.165) is 20.9 Å². The summed E-state index contributed by atoms with van der Waals surface area (Å²) < 4.78 is 4.63. The molecule has 4 rings (SSSR count). The third-order valence-corrected chi connectivity index (χ3v) is 5.92. The van der Waals surface area contributed by atoms with Gasteiger partial charge in [-0.3, -0.25) is 0 Å². The van der Waals surface area contributed by atoms with Gasteiger partial charge in [0.2, 0.25) is 0 Å². The van der Waals surface area contributed by atoms with Crippen LogP contribution in [0.2, 0.25) is 0 Å². The fourth-order valence-electron chi connectivity index (χ4n) is 2.55. The summed E-state index contributed by atoms with van der Waals surface area (Å²) in [6, 6.07) is 10.9. The first kappa shape index (κ1) is 28.2. The number of anilines is 2. The largest absolute Gasteiger partial charge is 1.00 e. The minimum absolute atomic E-state index is 0. The van der Waals surface area contributed by atoms with Crippen molar-refractivity contribution in [3.05, 3.63) is 70.7 Å². The molecule has 12 heteroatoms. The molecule has 0 atom stereocenters. The van der Waals surface area contributed by atoms with Crippen LogP contribution in [0.25, 0.3) is 20.9 Å². The summed E-state index contributed by atoms with van der Waals surface area (Å²) in [5.41, 5.74) is 13.0. The molecule has 33 heavy (non-hydrogen) atoms. The smallest absolute Gasteiger partial charge is 0.870 e. The molecule has 0 aliphatic rings. The van der Waals surface area contributed by atoms with Gasteiger partial charge in [-0.1, -0.05) is 12.1 Å². The van der Waals surface area contributed by atoms with Crippen molar-refractivity contribution in [3.63, 3.8) is 0 Å². The number of rotatable bonds is 4. The molecule has 0 saturated carbocycles. The summed E-state index contributed by atoms with van der Waals surface area (Å²) in [5.74, 6) is -1.29. The minimum Gasteiger partial charge on any atom is -0.870 e. The molecule has 0 radical (unpaired) electrons. The van der Waals surface area contributed by atoms with Gasteiger partial charge in [-0.05, 0) is 35.0 Å². The van der Waals surface area contributed by atoms with Crippen molar-refractivity contribution >= 4 is 46.2 Å². The van der Waals surface area contributed by atoms with Crippen molar-refractivity contribution in [1.82, 2.24) is 9.97 Å². The van der Waals surface area contributed by atoms with E-state index < -0.39 is 11.9 Å². The SMILES string of the molecule is COC(=O)c1cc(-c2cccs2)cnc1N.Nc1ncc(-c2cccs2)cc1C(=O)O.[Na+].[OH-]. The van der Waals surface area contributed by atoms with Crippen LogP contribution in [0.15, 0.2) is 59.6 Å². The average Bonchev–Trinajstić information content (AvgIpc) is 3.48. The van der Waals surface area contributed by atoms with Crippen LogP contribution >= 0.6 is 22.7 Å². The van der Waals surface area contributed by atoms with E-state index in [4.69, 9.17) is 16.6 Å².